The first-order valence-electron chi connectivity index (χ1n) is 6.08. The molecule has 0 saturated heterocycles. The van der Waals surface area contributed by atoms with Gasteiger partial charge in [0.2, 0.25) is 5.91 Å². The van der Waals surface area contributed by atoms with Crippen LogP contribution in [0, 0.1) is 0 Å². The van der Waals surface area contributed by atoms with E-state index in [0.29, 0.717) is 19.0 Å². The maximum absolute atomic E-state index is 11.7. The Balaban J connectivity index is 2.39. The molecule has 0 bridgehead atoms. The molecule has 5 heteroatoms. The molecule has 0 saturated carbocycles. The van der Waals surface area contributed by atoms with Crippen molar-refractivity contribution in [1.29, 1.82) is 0 Å². The molecule has 0 unspecified atom stereocenters. The number of hydrogen-bond donors (Lipinski definition) is 1. The number of methoxy groups -OCH3 is 1. The molecule has 0 radical (unpaired) electrons. The number of nitrogens with zero attached hydrogens (tertiary/aromatic N) is 2. The number of nitrogens with one attached hydrogen (secondary N) is 1. The van der Waals surface area contributed by atoms with E-state index in [2.05, 4.69) is 17.2 Å². The highest BCUT2D eigenvalue weighted by Crippen LogP contribution is 2.05. The van der Waals surface area contributed by atoms with E-state index in [1.165, 1.54) is 0 Å². The van der Waals surface area contributed by atoms with Crippen molar-refractivity contribution in [2.24, 2.45) is 0 Å². The number of carbonyl (C=O) groups is 1. The van der Waals surface area contributed by atoms with Crippen molar-refractivity contribution in [1.82, 2.24) is 9.88 Å². The molecule has 1 aromatic rings. The minimum absolute atomic E-state index is 0.0645. The molecule has 18 heavy (non-hydrogen) atoms. The quantitative estimate of drug-likeness (QED) is 0.790. The topological polar surface area (TPSA) is 54.5 Å². The number of anilines is 1. The van der Waals surface area contributed by atoms with Crippen LogP contribution in [-0.4, -0.2) is 49.6 Å². The summed E-state index contributed by atoms with van der Waals surface area (Å²) < 4.78 is 4.95. The molecular formula is C13H21N3O2. The summed E-state index contributed by atoms with van der Waals surface area (Å²) in [6.45, 7) is 3.75. The third-order valence-corrected chi connectivity index (χ3v) is 2.59. The Morgan fingerprint density at radius 1 is 1.50 bits per heavy atom. The number of rotatable bonds is 7. The summed E-state index contributed by atoms with van der Waals surface area (Å²) in [4.78, 5) is 17.8. The van der Waals surface area contributed by atoms with E-state index in [4.69, 9.17) is 4.74 Å². The largest absolute Gasteiger partial charge is 0.383 e. The number of likely N-dealkylation sites (N-methyl/N-ethyl adjacent to an activating group) is 1. The Hall–Kier alpha value is -1.46. The molecule has 0 atom stereocenters. The zero-order valence-electron chi connectivity index (χ0n) is 11.3. The van der Waals surface area contributed by atoms with Crippen LogP contribution in [0.1, 0.15) is 12.5 Å². The SMILES string of the molecule is CCc1ccc(NC(=O)CN(C)CCOC)nc1. The zero-order chi connectivity index (χ0) is 13.4. The number of ether oxygens (including phenoxy) is 1. The third-order valence-electron chi connectivity index (χ3n) is 2.59. The van der Waals surface area contributed by atoms with Crippen LogP contribution >= 0.6 is 0 Å². The summed E-state index contributed by atoms with van der Waals surface area (Å²) in [5.74, 6) is 0.530. The highest BCUT2D eigenvalue weighted by molar-refractivity contribution is 5.91. The number of amides is 1. The van der Waals surface area contributed by atoms with Crippen molar-refractivity contribution >= 4 is 11.7 Å². The molecular weight excluding hydrogens is 230 g/mol. The molecule has 1 amide bonds. The zero-order valence-corrected chi connectivity index (χ0v) is 11.3. The van der Waals surface area contributed by atoms with Gasteiger partial charge in [-0.05, 0) is 25.1 Å². The van der Waals surface area contributed by atoms with E-state index in [1.54, 1.807) is 13.3 Å². The van der Waals surface area contributed by atoms with Gasteiger partial charge in [0, 0.05) is 19.9 Å². The maximum Gasteiger partial charge on any atom is 0.239 e. The van der Waals surface area contributed by atoms with E-state index in [-0.39, 0.29) is 5.91 Å². The molecule has 100 valence electrons. The average molecular weight is 251 g/mol. The molecule has 5 nitrogen and oxygen atoms in total. The molecule has 0 fully saturated rings. The lowest BCUT2D eigenvalue weighted by molar-refractivity contribution is -0.117. The fraction of sp³-hybridized carbons (Fsp3) is 0.538. The van der Waals surface area contributed by atoms with Crippen molar-refractivity contribution in [2.45, 2.75) is 13.3 Å². The Morgan fingerprint density at radius 2 is 2.28 bits per heavy atom. The highest BCUT2D eigenvalue weighted by Gasteiger charge is 2.07. The van der Waals surface area contributed by atoms with Gasteiger partial charge in [-0.3, -0.25) is 9.69 Å². The first kappa shape index (κ1) is 14.6. The monoisotopic (exact) mass is 251 g/mol. The number of carbonyl (C=O) groups excluding carboxylic acids is 1. The predicted octanol–water partition coefficient (Wildman–Crippen LogP) is 1.16. The molecule has 0 aliphatic carbocycles. The van der Waals surface area contributed by atoms with E-state index in [0.717, 1.165) is 18.5 Å². The van der Waals surface area contributed by atoms with Gasteiger partial charge < -0.3 is 10.1 Å². The van der Waals surface area contributed by atoms with Crippen molar-refractivity contribution in [3.8, 4) is 0 Å². The molecule has 1 heterocycles. The van der Waals surface area contributed by atoms with Gasteiger partial charge in [-0.15, -0.1) is 0 Å². The summed E-state index contributed by atoms with van der Waals surface area (Å²) >= 11 is 0. The van der Waals surface area contributed by atoms with Crippen molar-refractivity contribution in [3.63, 3.8) is 0 Å². The first-order valence-corrected chi connectivity index (χ1v) is 6.08. The Morgan fingerprint density at radius 3 is 2.83 bits per heavy atom. The smallest absolute Gasteiger partial charge is 0.239 e. The van der Waals surface area contributed by atoms with Crippen LogP contribution in [0.15, 0.2) is 18.3 Å². The van der Waals surface area contributed by atoms with Gasteiger partial charge in [0.25, 0.3) is 0 Å². The number of aryl methyl sites for hydroxylation is 1. The Labute approximate surface area is 108 Å². The summed E-state index contributed by atoms with van der Waals surface area (Å²) in [5.41, 5.74) is 1.16. The van der Waals surface area contributed by atoms with Crippen LogP contribution in [0.4, 0.5) is 5.82 Å². The average Bonchev–Trinajstić information content (AvgIpc) is 2.37. The molecule has 1 N–H and O–H groups in total. The van der Waals surface area contributed by atoms with E-state index in [9.17, 15) is 4.79 Å². The van der Waals surface area contributed by atoms with Crippen LogP contribution in [-0.2, 0) is 16.0 Å². The van der Waals surface area contributed by atoms with Crippen LogP contribution in [0.3, 0.4) is 0 Å². The first-order chi connectivity index (χ1) is 8.65. The second-order valence-electron chi connectivity index (χ2n) is 4.18. The Bertz CT molecular complexity index is 365. The standard InChI is InChI=1S/C13H21N3O2/c1-4-11-5-6-12(14-9-11)15-13(17)10-16(2)7-8-18-3/h5-6,9H,4,7-8,10H2,1-3H3,(H,14,15,17). The lowest BCUT2D eigenvalue weighted by Gasteiger charge is -2.15. The summed E-state index contributed by atoms with van der Waals surface area (Å²) in [6.07, 6.45) is 2.73. The van der Waals surface area contributed by atoms with Gasteiger partial charge in [0.1, 0.15) is 5.82 Å². The minimum Gasteiger partial charge on any atom is -0.383 e. The maximum atomic E-state index is 11.7. The van der Waals surface area contributed by atoms with Gasteiger partial charge in [-0.1, -0.05) is 13.0 Å². The predicted molar refractivity (Wildman–Crippen MR) is 71.6 cm³/mol. The number of hydrogen-bond acceptors (Lipinski definition) is 4. The third kappa shape index (κ3) is 5.25. The van der Waals surface area contributed by atoms with Gasteiger partial charge in [-0.2, -0.15) is 0 Å². The molecule has 0 aliphatic heterocycles. The van der Waals surface area contributed by atoms with E-state index in [1.807, 2.05) is 24.1 Å². The highest BCUT2D eigenvalue weighted by atomic mass is 16.5. The van der Waals surface area contributed by atoms with Gasteiger partial charge in [0.05, 0.1) is 13.2 Å². The number of pyridine rings is 1. The molecule has 0 aromatic carbocycles. The fourth-order valence-corrected chi connectivity index (χ4v) is 1.46. The second kappa shape index (κ2) is 7.79. The molecule has 0 spiro atoms. The molecule has 1 rings (SSSR count). The van der Waals surface area contributed by atoms with Gasteiger partial charge >= 0.3 is 0 Å². The van der Waals surface area contributed by atoms with Gasteiger partial charge in [0.15, 0.2) is 0 Å². The summed E-state index contributed by atoms with van der Waals surface area (Å²) in [6, 6.07) is 3.79. The van der Waals surface area contributed by atoms with Crippen LogP contribution in [0.25, 0.3) is 0 Å². The fourth-order valence-electron chi connectivity index (χ4n) is 1.46. The summed E-state index contributed by atoms with van der Waals surface area (Å²) in [5, 5.41) is 2.77. The van der Waals surface area contributed by atoms with E-state index >= 15 is 0 Å². The number of aromatic nitrogens is 1. The lowest BCUT2D eigenvalue weighted by Crippen LogP contribution is -2.32. The Kier molecular flexibility index (Phi) is 6.32. The second-order valence-corrected chi connectivity index (χ2v) is 4.18. The molecule has 0 aliphatic rings. The lowest BCUT2D eigenvalue weighted by atomic mass is 10.2. The van der Waals surface area contributed by atoms with Crippen molar-refractivity contribution in [3.05, 3.63) is 23.9 Å². The summed E-state index contributed by atoms with van der Waals surface area (Å²) in [7, 11) is 3.53. The van der Waals surface area contributed by atoms with Crippen LogP contribution < -0.4 is 5.32 Å². The molecule has 1 aromatic heterocycles. The van der Waals surface area contributed by atoms with Crippen LogP contribution in [0.5, 0.6) is 0 Å². The van der Waals surface area contributed by atoms with Gasteiger partial charge in [-0.25, -0.2) is 4.98 Å². The van der Waals surface area contributed by atoms with E-state index < -0.39 is 0 Å². The minimum atomic E-state index is -0.0645. The normalized spacial score (nSPS) is 10.7. The van der Waals surface area contributed by atoms with Crippen molar-refractivity contribution < 1.29 is 9.53 Å². The van der Waals surface area contributed by atoms with Crippen molar-refractivity contribution in [2.75, 3.05) is 39.2 Å². The van der Waals surface area contributed by atoms with Crippen LogP contribution in [0.2, 0.25) is 0 Å².